The molecule has 0 fully saturated rings. The van der Waals surface area contributed by atoms with Crippen LogP contribution in [0.2, 0.25) is 0 Å². The van der Waals surface area contributed by atoms with Crippen molar-refractivity contribution in [3.63, 3.8) is 0 Å². The summed E-state index contributed by atoms with van der Waals surface area (Å²) in [4.78, 5) is 0. The second kappa shape index (κ2) is 7.36. The van der Waals surface area contributed by atoms with Crippen LogP contribution in [0.3, 0.4) is 0 Å². The molecule has 0 radical (unpaired) electrons. The summed E-state index contributed by atoms with van der Waals surface area (Å²) >= 11 is 9.65. The second-order valence-corrected chi connectivity index (χ2v) is 3.03. The Labute approximate surface area is 102 Å². The molecule has 1 heterocycles. The zero-order valence-electron chi connectivity index (χ0n) is 7.91. The van der Waals surface area contributed by atoms with Gasteiger partial charge in [0.1, 0.15) is 0 Å². The van der Waals surface area contributed by atoms with Crippen LogP contribution in [0.1, 0.15) is 0 Å². The zero-order valence-corrected chi connectivity index (χ0v) is 9.55. The first-order chi connectivity index (χ1) is 7.79. The minimum Gasteiger partial charge on any atom is -0.252 e. The maximum absolute atomic E-state index is 4.82. The molecule has 16 heavy (non-hydrogen) atoms. The molecule has 10 heteroatoms. The Kier molecular flexibility index (Phi) is 5.58. The van der Waals surface area contributed by atoms with Gasteiger partial charge in [-0.05, 0) is 24.4 Å². The maximum Gasteiger partial charge on any atom is 0.207 e. The van der Waals surface area contributed by atoms with E-state index in [4.69, 9.17) is 24.4 Å². The molecule has 1 aliphatic rings. The average Bonchev–Trinajstić information content (AvgIpc) is 2.27. The van der Waals surface area contributed by atoms with Crippen LogP contribution < -0.4 is 21.7 Å². The van der Waals surface area contributed by atoms with E-state index in [1.54, 1.807) is 0 Å². The number of thiocarbonyl (C=S) groups is 2. The van der Waals surface area contributed by atoms with E-state index in [2.05, 4.69) is 42.1 Å². The molecule has 0 aromatic carbocycles. The van der Waals surface area contributed by atoms with Crippen molar-refractivity contribution in [3.8, 4) is 0 Å². The molecule has 0 bridgehead atoms. The van der Waals surface area contributed by atoms with E-state index in [0.29, 0.717) is 0 Å². The molecule has 4 N–H and O–H groups in total. The minimum atomic E-state index is 0.253. The fourth-order valence-corrected chi connectivity index (χ4v) is 0.778. The van der Waals surface area contributed by atoms with Crippen molar-refractivity contribution in [1.82, 2.24) is 21.7 Å². The molecule has 0 saturated carbocycles. The van der Waals surface area contributed by atoms with E-state index in [0.717, 1.165) is 0 Å². The second-order valence-electron chi connectivity index (χ2n) is 2.22. The van der Waals surface area contributed by atoms with Gasteiger partial charge in [0, 0.05) is 0 Å². The van der Waals surface area contributed by atoms with E-state index in [1.165, 1.54) is 24.9 Å². The molecule has 1 aliphatic heterocycles. The van der Waals surface area contributed by atoms with Crippen molar-refractivity contribution in [2.24, 2.45) is 20.4 Å². The Bertz CT molecular complexity index is 303. The van der Waals surface area contributed by atoms with Gasteiger partial charge in [-0.1, -0.05) is 0 Å². The summed E-state index contributed by atoms with van der Waals surface area (Å²) < 4.78 is 0. The van der Waals surface area contributed by atoms with Crippen molar-refractivity contribution in [2.75, 3.05) is 0 Å². The molecule has 0 aliphatic carbocycles. The largest absolute Gasteiger partial charge is 0.252 e. The first-order valence-electron chi connectivity index (χ1n) is 4.00. The average molecular weight is 256 g/mol. The van der Waals surface area contributed by atoms with Gasteiger partial charge >= 0.3 is 0 Å². The van der Waals surface area contributed by atoms with Crippen LogP contribution in [0.4, 0.5) is 0 Å². The smallest absolute Gasteiger partial charge is 0.207 e. The lowest BCUT2D eigenvalue weighted by molar-refractivity contribution is 0.927. The van der Waals surface area contributed by atoms with Gasteiger partial charge in [-0.3, -0.25) is 21.7 Å². The van der Waals surface area contributed by atoms with Crippen LogP contribution in [0.5, 0.6) is 0 Å². The predicted molar refractivity (Wildman–Crippen MR) is 71.7 cm³/mol. The number of hydrazone groups is 4. The normalized spacial score (nSPS) is 24.8. The summed E-state index contributed by atoms with van der Waals surface area (Å²) in [5.41, 5.74) is 10.0. The van der Waals surface area contributed by atoms with Gasteiger partial charge in [0.2, 0.25) is 10.2 Å². The molecule has 1 rings (SSSR count). The first-order valence-corrected chi connectivity index (χ1v) is 4.82. The SMILES string of the molecule is S=C1N/N=C\C=N\NC(=S)N/N=C\C=N\N1. The Morgan fingerprint density at radius 1 is 0.625 bits per heavy atom. The van der Waals surface area contributed by atoms with Crippen molar-refractivity contribution >= 4 is 59.5 Å². The molecule has 0 aromatic heterocycles. The molecule has 84 valence electrons. The number of nitrogens with one attached hydrogen (secondary N) is 4. The number of rotatable bonds is 0. The number of nitrogens with zero attached hydrogens (tertiary/aromatic N) is 4. The van der Waals surface area contributed by atoms with Crippen molar-refractivity contribution < 1.29 is 0 Å². The molecule has 8 nitrogen and oxygen atoms in total. The predicted octanol–water partition coefficient (Wildman–Crippen LogP) is -1.13. The Balaban J connectivity index is 2.59. The van der Waals surface area contributed by atoms with E-state index in [1.807, 2.05) is 0 Å². The fraction of sp³-hybridized carbons (Fsp3) is 0. The van der Waals surface area contributed by atoms with E-state index in [9.17, 15) is 0 Å². The summed E-state index contributed by atoms with van der Waals surface area (Å²) in [7, 11) is 0. The molecular formula is C6H8N8S2. The van der Waals surface area contributed by atoms with Crippen LogP contribution in [0.15, 0.2) is 20.4 Å². The highest BCUT2D eigenvalue weighted by atomic mass is 32.1. The van der Waals surface area contributed by atoms with Gasteiger partial charge in [0.15, 0.2) is 0 Å². The van der Waals surface area contributed by atoms with Gasteiger partial charge < -0.3 is 0 Å². The maximum atomic E-state index is 4.82. The molecule has 0 spiro atoms. The zero-order chi connectivity index (χ0) is 11.6. The van der Waals surface area contributed by atoms with Crippen LogP contribution in [0, 0.1) is 0 Å². The van der Waals surface area contributed by atoms with Crippen molar-refractivity contribution in [1.29, 1.82) is 0 Å². The van der Waals surface area contributed by atoms with E-state index in [-0.39, 0.29) is 10.2 Å². The highest BCUT2D eigenvalue weighted by molar-refractivity contribution is 7.80. The lowest BCUT2D eigenvalue weighted by atomic mass is 10.8. The summed E-state index contributed by atoms with van der Waals surface area (Å²) in [6.45, 7) is 0. The van der Waals surface area contributed by atoms with Gasteiger partial charge in [0.05, 0.1) is 24.9 Å². The van der Waals surface area contributed by atoms with Crippen molar-refractivity contribution in [3.05, 3.63) is 0 Å². The van der Waals surface area contributed by atoms with E-state index >= 15 is 0 Å². The van der Waals surface area contributed by atoms with Gasteiger partial charge in [0.25, 0.3) is 0 Å². The molecule has 0 saturated heterocycles. The molecule has 0 atom stereocenters. The highest BCUT2D eigenvalue weighted by Crippen LogP contribution is 1.69. The van der Waals surface area contributed by atoms with Crippen LogP contribution in [-0.4, -0.2) is 35.1 Å². The third-order valence-corrected chi connectivity index (χ3v) is 1.46. The molecular weight excluding hydrogens is 248 g/mol. The number of hydrogen-bond acceptors (Lipinski definition) is 6. The summed E-state index contributed by atoms with van der Waals surface area (Å²) in [6, 6.07) is 0. The third kappa shape index (κ3) is 5.72. The van der Waals surface area contributed by atoms with Crippen LogP contribution in [0.25, 0.3) is 0 Å². The molecule has 0 unspecified atom stereocenters. The monoisotopic (exact) mass is 256 g/mol. The van der Waals surface area contributed by atoms with Crippen LogP contribution in [-0.2, 0) is 0 Å². The third-order valence-electron chi connectivity index (χ3n) is 1.10. The molecule has 0 amide bonds. The summed E-state index contributed by atoms with van der Waals surface area (Å²) in [5, 5.41) is 15.4. The van der Waals surface area contributed by atoms with Crippen molar-refractivity contribution in [2.45, 2.75) is 0 Å². The fourth-order valence-electron chi connectivity index (χ4n) is 0.567. The van der Waals surface area contributed by atoms with Gasteiger partial charge in [-0.25, -0.2) is 0 Å². The summed E-state index contributed by atoms with van der Waals surface area (Å²) in [6.07, 6.45) is 5.56. The Morgan fingerprint density at radius 3 is 1.12 bits per heavy atom. The Hall–Kier alpha value is -1.94. The number of hydrogen-bond donors (Lipinski definition) is 4. The minimum absolute atomic E-state index is 0.253. The van der Waals surface area contributed by atoms with Gasteiger partial charge in [-0.2, -0.15) is 20.4 Å². The summed E-state index contributed by atoms with van der Waals surface area (Å²) in [5.74, 6) is 0. The Morgan fingerprint density at radius 2 is 0.875 bits per heavy atom. The standard InChI is InChI=1S/C6H8N8S2/c15-5-11-7-1-2-8-12-6(16)14-10-4-3-9-13-5/h1-4H,(H2,11,13,15)(H2,12,14,16)/b7-1-,8-2+,9-3+,10-4-. The lowest BCUT2D eigenvalue weighted by Crippen LogP contribution is -2.29. The highest BCUT2D eigenvalue weighted by Gasteiger charge is 1.88. The van der Waals surface area contributed by atoms with E-state index < -0.39 is 0 Å². The topological polar surface area (TPSA) is 97.6 Å². The lowest BCUT2D eigenvalue weighted by Gasteiger charge is -2.01. The quantitative estimate of drug-likeness (QED) is 0.410. The van der Waals surface area contributed by atoms with Crippen LogP contribution >= 0.6 is 24.4 Å². The molecule has 0 aromatic rings. The van der Waals surface area contributed by atoms with Gasteiger partial charge in [-0.15, -0.1) is 0 Å². The first kappa shape index (κ1) is 12.1.